The Morgan fingerprint density at radius 3 is 2.57 bits per heavy atom. The summed E-state index contributed by atoms with van der Waals surface area (Å²) < 4.78 is 4.64. The number of hydrogen-bond donors (Lipinski definition) is 1. The molecule has 0 spiro atoms. The van der Waals surface area contributed by atoms with Crippen LogP contribution in [0.4, 0.5) is 0 Å². The molecule has 1 N–H and O–H groups in total. The lowest BCUT2D eigenvalue weighted by atomic mass is 10.00. The highest BCUT2D eigenvalue weighted by Gasteiger charge is 2.39. The minimum absolute atomic E-state index is 0.0707. The van der Waals surface area contributed by atoms with Gasteiger partial charge >= 0.3 is 5.97 Å². The Bertz CT molecular complexity index is 224. The quantitative estimate of drug-likeness (QED) is 0.616. The zero-order valence-electron chi connectivity index (χ0n) is 8.74. The number of likely N-dealkylation sites (N-methyl/N-ethyl adjacent to an activating group) is 1. The van der Waals surface area contributed by atoms with Gasteiger partial charge in [0, 0.05) is 13.6 Å². The van der Waals surface area contributed by atoms with Crippen molar-refractivity contribution >= 4 is 11.9 Å². The topological polar surface area (TPSA) is 58.6 Å². The molecule has 14 heavy (non-hydrogen) atoms. The lowest BCUT2D eigenvalue weighted by Crippen LogP contribution is -2.59. The Hall–Kier alpha value is -1.10. The van der Waals surface area contributed by atoms with Crippen LogP contribution in [0.25, 0.3) is 0 Å². The molecule has 0 saturated carbocycles. The lowest BCUT2D eigenvalue weighted by Gasteiger charge is -2.41. The molecule has 1 saturated heterocycles. The fourth-order valence-corrected chi connectivity index (χ4v) is 1.62. The van der Waals surface area contributed by atoms with Gasteiger partial charge < -0.3 is 10.1 Å². The average Bonchev–Trinajstić information content (AvgIpc) is 2.14. The van der Waals surface area contributed by atoms with Gasteiger partial charge in [0.15, 0.2) is 0 Å². The molecule has 2 atom stereocenters. The largest absolute Gasteiger partial charge is 0.468 e. The molecule has 0 bridgehead atoms. The van der Waals surface area contributed by atoms with E-state index in [4.69, 9.17) is 0 Å². The van der Waals surface area contributed by atoms with Crippen molar-refractivity contribution < 1.29 is 14.3 Å². The minimum atomic E-state index is -0.266. The summed E-state index contributed by atoms with van der Waals surface area (Å²) in [5.41, 5.74) is 0. The lowest BCUT2D eigenvalue weighted by molar-refractivity contribution is -0.155. The van der Waals surface area contributed by atoms with Gasteiger partial charge in [0.2, 0.25) is 5.91 Å². The second-order valence-corrected chi connectivity index (χ2v) is 3.36. The van der Waals surface area contributed by atoms with Gasteiger partial charge in [-0.25, -0.2) is 0 Å². The molecule has 1 aliphatic rings. The number of nitrogens with one attached hydrogen (secondary N) is 1. The van der Waals surface area contributed by atoms with E-state index in [9.17, 15) is 9.59 Å². The van der Waals surface area contributed by atoms with E-state index < -0.39 is 0 Å². The number of carbonyl (C=O) groups is 2. The van der Waals surface area contributed by atoms with Gasteiger partial charge in [0.25, 0.3) is 0 Å². The summed E-state index contributed by atoms with van der Waals surface area (Å²) in [5.74, 6) is -0.328. The molecule has 80 valence electrons. The van der Waals surface area contributed by atoms with E-state index in [2.05, 4.69) is 10.1 Å². The average molecular weight is 200 g/mol. The summed E-state index contributed by atoms with van der Waals surface area (Å²) in [4.78, 5) is 24.4. The molecule has 0 aromatic rings. The van der Waals surface area contributed by atoms with E-state index >= 15 is 0 Å². The number of ether oxygens (including phenoxy) is 1. The first kappa shape index (κ1) is 11.0. The highest BCUT2D eigenvalue weighted by molar-refractivity contribution is 5.83. The van der Waals surface area contributed by atoms with Crippen LogP contribution >= 0.6 is 0 Å². The minimum Gasteiger partial charge on any atom is -0.468 e. The molecule has 5 heteroatoms. The standard InChI is InChI=1S/C9H16N2O3/c1-6(8(12)10-2)11-5-4-7(11)9(13)14-3/h6-7H,4-5H2,1-3H3,(H,10,12). The maximum atomic E-state index is 11.3. The fourth-order valence-electron chi connectivity index (χ4n) is 1.62. The summed E-state index contributed by atoms with van der Waals surface area (Å²) in [6, 6.07) is -0.509. The maximum absolute atomic E-state index is 11.3. The summed E-state index contributed by atoms with van der Waals surface area (Å²) in [5, 5.41) is 2.56. The van der Waals surface area contributed by atoms with E-state index in [-0.39, 0.29) is 24.0 Å². The van der Waals surface area contributed by atoms with Crippen LogP contribution in [0.3, 0.4) is 0 Å². The van der Waals surface area contributed by atoms with Crippen molar-refractivity contribution in [3.63, 3.8) is 0 Å². The summed E-state index contributed by atoms with van der Waals surface area (Å²) in [7, 11) is 2.95. The van der Waals surface area contributed by atoms with E-state index in [1.807, 2.05) is 4.90 Å². The predicted molar refractivity (Wildman–Crippen MR) is 50.7 cm³/mol. The molecular weight excluding hydrogens is 184 g/mol. The van der Waals surface area contributed by atoms with Crippen LogP contribution in [0, 0.1) is 0 Å². The monoisotopic (exact) mass is 200 g/mol. The van der Waals surface area contributed by atoms with Crippen LogP contribution in [0.1, 0.15) is 13.3 Å². The number of methoxy groups -OCH3 is 1. The molecule has 1 fully saturated rings. The van der Waals surface area contributed by atoms with Crippen LogP contribution in [-0.2, 0) is 14.3 Å². The van der Waals surface area contributed by atoms with Gasteiger partial charge in [-0.3, -0.25) is 14.5 Å². The first-order chi connectivity index (χ1) is 6.61. The summed E-state index contributed by atoms with van der Waals surface area (Å²) in [6.07, 6.45) is 0.772. The highest BCUT2D eigenvalue weighted by atomic mass is 16.5. The van der Waals surface area contributed by atoms with E-state index in [0.29, 0.717) is 0 Å². The third-order valence-corrected chi connectivity index (χ3v) is 2.66. The highest BCUT2D eigenvalue weighted by Crippen LogP contribution is 2.21. The van der Waals surface area contributed by atoms with Gasteiger partial charge in [-0.1, -0.05) is 0 Å². The molecule has 1 rings (SSSR count). The van der Waals surface area contributed by atoms with Crippen LogP contribution in [0.15, 0.2) is 0 Å². The third-order valence-electron chi connectivity index (χ3n) is 2.66. The SMILES string of the molecule is CNC(=O)C(C)N1CCC1C(=O)OC. The van der Waals surface area contributed by atoms with E-state index in [1.54, 1.807) is 14.0 Å². The Morgan fingerprint density at radius 1 is 1.57 bits per heavy atom. The van der Waals surface area contributed by atoms with E-state index in [0.717, 1.165) is 13.0 Å². The molecule has 0 aliphatic carbocycles. The van der Waals surface area contributed by atoms with Gasteiger partial charge in [0.05, 0.1) is 13.2 Å². The van der Waals surface area contributed by atoms with Crippen LogP contribution in [0.2, 0.25) is 0 Å². The van der Waals surface area contributed by atoms with Gasteiger partial charge in [0.1, 0.15) is 6.04 Å². The zero-order valence-corrected chi connectivity index (χ0v) is 8.74. The smallest absolute Gasteiger partial charge is 0.323 e. The molecule has 0 radical (unpaired) electrons. The van der Waals surface area contributed by atoms with Crippen molar-refractivity contribution in [2.45, 2.75) is 25.4 Å². The molecule has 0 aromatic carbocycles. The zero-order chi connectivity index (χ0) is 10.7. The normalized spacial score (nSPS) is 23.5. The number of esters is 1. The number of amides is 1. The predicted octanol–water partition coefficient (Wildman–Crippen LogP) is -0.632. The number of likely N-dealkylation sites (tertiary alicyclic amines) is 1. The van der Waals surface area contributed by atoms with Crippen molar-refractivity contribution in [2.24, 2.45) is 0 Å². The number of nitrogens with zero attached hydrogens (tertiary/aromatic N) is 1. The Kier molecular flexibility index (Phi) is 3.46. The van der Waals surface area contributed by atoms with Crippen LogP contribution < -0.4 is 5.32 Å². The fraction of sp³-hybridized carbons (Fsp3) is 0.778. The van der Waals surface area contributed by atoms with Gasteiger partial charge in [-0.05, 0) is 13.3 Å². The first-order valence-electron chi connectivity index (χ1n) is 4.67. The maximum Gasteiger partial charge on any atom is 0.323 e. The van der Waals surface area contributed by atoms with Gasteiger partial charge in [-0.2, -0.15) is 0 Å². The van der Waals surface area contributed by atoms with Crippen LogP contribution in [0.5, 0.6) is 0 Å². The molecule has 5 nitrogen and oxygen atoms in total. The van der Waals surface area contributed by atoms with Crippen molar-refractivity contribution in [1.29, 1.82) is 0 Å². The first-order valence-corrected chi connectivity index (χ1v) is 4.67. The van der Waals surface area contributed by atoms with Crippen molar-refractivity contribution in [2.75, 3.05) is 20.7 Å². The molecule has 0 aromatic heterocycles. The van der Waals surface area contributed by atoms with Crippen LogP contribution in [-0.4, -0.2) is 49.6 Å². The van der Waals surface area contributed by atoms with Crippen molar-refractivity contribution in [3.05, 3.63) is 0 Å². The number of carbonyl (C=O) groups excluding carboxylic acids is 2. The summed E-state index contributed by atoms with van der Waals surface area (Å²) in [6.45, 7) is 2.56. The Balaban J connectivity index is 2.53. The second kappa shape index (κ2) is 4.41. The van der Waals surface area contributed by atoms with E-state index in [1.165, 1.54) is 7.11 Å². The molecule has 1 aliphatic heterocycles. The summed E-state index contributed by atoms with van der Waals surface area (Å²) >= 11 is 0. The Morgan fingerprint density at radius 2 is 2.21 bits per heavy atom. The van der Waals surface area contributed by atoms with Crippen molar-refractivity contribution in [1.82, 2.24) is 10.2 Å². The number of hydrogen-bond acceptors (Lipinski definition) is 4. The molecule has 1 amide bonds. The second-order valence-electron chi connectivity index (χ2n) is 3.36. The molecule has 1 heterocycles. The number of rotatable bonds is 3. The Labute approximate surface area is 83.4 Å². The third kappa shape index (κ3) is 1.87. The van der Waals surface area contributed by atoms with Gasteiger partial charge in [-0.15, -0.1) is 0 Å². The van der Waals surface area contributed by atoms with Crippen molar-refractivity contribution in [3.8, 4) is 0 Å². The molecule has 2 unspecified atom stereocenters. The molecular formula is C9H16N2O3.